The van der Waals surface area contributed by atoms with Gasteiger partial charge in [-0.25, -0.2) is 8.42 Å². The van der Waals surface area contributed by atoms with Gasteiger partial charge in [-0.1, -0.05) is 24.3 Å². The minimum atomic E-state index is -3.62. The van der Waals surface area contributed by atoms with Gasteiger partial charge in [-0.2, -0.15) is 4.31 Å². The zero-order chi connectivity index (χ0) is 23.3. The summed E-state index contributed by atoms with van der Waals surface area (Å²) in [4.78, 5) is 15.4. The molecule has 2 saturated heterocycles. The van der Waals surface area contributed by atoms with Crippen LogP contribution in [0.3, 0.4) is 0 Å². The third-order valence-corrected chi connectivity index (χ3v) is 7.97. The number of methoxy groups -OCH3 is 1. The van der Waals surface area contributed by atoms with Crippen LogP contribution in [-0.4, -0.2) is 70.0 Å². The highest BCUT2D eigenvalue weighted by atomic mass is 32.2. The summed E-state index contributed by atoms with van der Waals surface area (Å²) >= 11 is 0. The quantitative estimate of drug-likeness (QED) is 0.633. The molecule has 2 aliphatic rings. The molecule has 0 saturated carbocycles. The molecule has 4 rings (SSSR count). The molecule has 1 N–H and O–H groups in total. The lowest BCUT2D eigenvalue weighted by Crippen LogP contribution is -2.35. The largest absolute Gasteiger partial charge is 0.496 e. The second kappa shape index (κ2) is 10.6. The Morgan fingerprint density at radius 1 is 1.03 bits per heavy atom. The molecule has 2 aromatic rings. The van der Waals surface area contributed by atoms with Crippen molar-refractivity contribution in [2.45, 2.75) is 30.8 Å². The first kappa shape index (κ1) is 23.7. The molecular formula is C24H31N3O5S. The van der Waals surface area contributed by atoms with E-state index in [0.717, 1.165) is 51.3 Å². The summed E-state index contributed by atoms with van der Waals surface area (Å²) < 4.78 is 38.1. The van der Waals surface area contributed by atoms with Crippen LogP contribution >= 0.6 is 0 Å². The molecule has 178 valence electrons. The number of rotatable bonds is 8. The minimum absolute atomic E-state index is 0.114. The monoisotopic (exact) mass is 473 g/mol. The Balaban J connectivity index is 1.45. The lowest BCUT2D eigenvalue weighted by Gasteiger charge is -2.26. The van der Waals surface area contributed by atoms with Crippen LogP contribution in [0.5, 0.6) is 5.75 Å². The van der Waals surface area contributed by atoms with Crippen LogP contribution in [0.25, 0.3) is 0 Å². The Kier molecular flexibility index (Phi) is 7.64. The van der Waals surface area contributed by atoms with Crippen LogP contribution in [0.4, 0.5) is 0 Å². The van der Waals surface area contributed by atoms with E-state index >= 15 is 0 Å². The van der Waals surface area contributed by atoms with Crippen molar-refractivity contribution in [3.05, 3.63) is 59.2 Å². The molecule has 2 heterocycles. The van der Waals surface area contributed by atoms with Crippen molar-refractivity contribution in [3.63, 3.8) is 0 Å². The molecular weight excluding hydrogens is 442 g/mol. The highest BCUT2D eigenvalue weighted by Crippen LogP contribution is 2.26. The van der Waals surface area contributed by atoms with Crippen molar-refractivity contribution in [2.75, 3.05) is 46.5 Å². The van der Waals surface area contributed by atoms with Crippen molar-refractivity contribution >= 4 is 15.9 Å². The maximum Gasteiger partial charge on any atom is 0.255 e. The normalized spacial score (nSPS) is 17.7. The lowest BCUT2D eigenvalue weighted by atomic mass is 10.1. The molecule has 2 aromatic carbocycles. The van der Waals surface area contributed by atoms with Crippen molar-refractivity contribution in [1.82, 2.24) is 14.5 Å². The summed E-state index contributed by atoms with van der Waals surface area (Å²) in [6, 6.07) is 12.6. The van der Waals surface area contributed by atoms with E-state index < -0.39 is 10.0 Å². The predicted molar refractivity (Wildman–Crippen MR) is 125 cm³/mol. The van der Waals surface area contributed by atoms with E-state index in [9.17, 15) is 13.2 Å². The maximum atomic E-state index is 13.0. The number of hydrogen-bond acceptors (Lipinski definition) is 6. The Labute approximate surface area is 195 Å². The molecule has 0 atom stereocenters. The number of carbonyl (C=O) groups excluding carboxylic acids is 1. The fraction of sp³-hybridized carbons (Fsp3) is 0.458. The van der Waals surface area contributed by atoms with Gasteiger partial charge in [0.1, 0.15) is 5.75 Å². The summed E-state index contributed by atoms with van der Waals surface area (Å²) in [5.74, 6) is -0.0298. The van der Waals surface area contributed by atoms with Gasteiger partial charge in [0.25, 0.3) is 5.91 Å². The van der Waals surface area contributed by atoms with Gasteiger partial charge in [0.05, 0.1) is 30.8 Å². The topological polar surface area (TPSA) is 88.2 Å². The molecule has 1 amide bonds. The van der Waals surface area contributed by atoms with Gasteiger partial charge in [-0.3, -0.25) is 9.69 Å². The number of sulfonamides is 1. The molecule has 0 aromatic heterocycles. The van der Waals surface area contributed by atoms with E-state index in [1.807, 2.05) is 12.1 Å². The van der Waals surface area contributed by atoms with Gasteiger partial charge in [-0.15, -0.1) is 0 Å². The molecule has 0 spiro atoms. The number of nitrogens with zero attached hydrogens (tertiary/aromatic N) is 2. The highest BCUT2D eigenvalue weighted by Gasteiger charge is 2.28. The first-order chi connectivity index (χ1) is 16.0. The lowest BCUT2D eigenvalue weighted by molar-refractivity contribution is 0.0342. The van der Waals surface area contributed by atoms with Crippen LogP contribution in [0.2, 0.25) is 0 Å². The third kappa shape index (κ3) is 5.73. The van der Waals surface area contributed by atoms with E-state index in [1.54, 1.807) is 6.07 Å². The maximum absolute atomic E-state index is 13.0. The summed E-state index contributed by atoms with van der Waals surface area (Å²) in [5.41, 5.74) is 2.37. The molecule has 0 unspecified atom stereocenters. The molecule has 0 radical (unpaired) electrons. The fourth-order valence-corrected chi connectivity index (χ4v) is 5.78. The fourth-order valence-electron chi connectivity index (χ4n) is 4.24. The molecule has 8 nitrogen and oxygen atoms in total. The third-order valence-electron chi connectivity index (χ3n) is 6.07. The molecule has 2 fully saturated rings. The number of ether oxygens (including phenoxy) is 2. The standard InChI is InChI=1S/C24H31N3O5S/c1-31-23-8-7-21(33(29,30)27-9-2-3-10-27)16-22(23)24(28)25-17-19-5-4-6-20(15-19)18-26-11-13-32-14-12-26/h4-8,15-16H,2-3,9-14,17-18H2,1H3,(H,25,28). The van der Waals surface area contributed by atoms with E-state index in [0.29, 0.717) is 25.4 Å². The first-order valence-electron chi connectivity index (χ1n) is 11.3. The number of carbonyl (C=O) groups is 1. The molecule has 2 aliphatic heterocycles. The van der Waals surface area contributed by atoms with Crippen LogP contribution in [-0.2, 0) is 27.8 Å². The smallest absolute Gasteiger partial charge is 0.255 e. The predicted octanol–water partition coefficient (Wildman–Crippen LogP) is 2.24. The van der Waals surface area contributed by atoms with Crippen molar-refractivity contribution in [2.24, 2.45) is 0 Å². The molecule has 33 heavy (non-hydrogen) atoms. The van der Waals surface area contributed by atoms with Crippen molar-refractivity contribution in [1.29, 1.82) is 0 Å². The van der Waals surface area contributed by atoms with Crippen molar-refractivity contribution < 1.29 is 22.7 Å². The second-order valence-electron chi connectivity index (χ2n) is 8.36. The zero-order valence-corrected chi connectivity index (χ0v) is 19.8. The second-order valence-corrected chi connectivity index (χ2v) is 10.3. The Bertz CT molecular complexity index is 1080. The summed E-state index contributed by atoms with van der Waals surface area (Å²) in [5, 5.41) is 2.91. The highest BCUT2D eigenvalue weighted by molar-refractivity contribution is 7.89. The van der Waals surface area contributed by atoms with E-state index in [-0.39, 0.29) is 16.4 Å². The first-order valence-corrected chi connectivity index (χ1v) is 12.8. The van der Waals surface area contributed by atoms with E-state index in [1.165, 1.54) is 29.1 Å². The molecule has 9 heteroatoms. The SMILES string of the molecule is COc1ccc(S(=O)(=O)N2CCCC2)cc1C(=O)NCc1cccc(CN2CCOCC2)c1. The number of nitrogens with one attached hydrogen (secondary N) is 1. The van der Waals surface area contributed by atoms with Gasteiger partial charge in [0.2, 0.25) is 10.0 Å². The Hall–Kier alpha value is -2.46. The summed E-state index contributed by atoms with van der Waals surface area (Å²) in [6.45, 7) is 5.54. The van der Waals surface area contributed by atoms with Gasteiger partial charge in [-0.05, 0) is 42.2 Å². The van der Waals surface area contributed by atoms with Crippen LogP contribution in [0, 0.1) is 0 Å². The number of morpholine rings is 1. The van der Waals surface area contributed by atoms with Crippen molar-refractivity contribution in [3.8, 4) is 5.75 Å². The van der Waals surface area contributed by atoms with E-state index in [2.05, 4.69) is 22.3 Å². The Morgan fingerprint density at radius 3 is 2.48 bits per heavy atom. The average molecular weight is 474 g/mol. The van der Waals surface area contributed by atoms with Crippen LogP contribution in [0.15, 0.2) is 47.4 Å². The minimum Gasteiger partial charge on any atom is -0.496 e. The van der Waals surface area contributed by atoms with Gasteiger partial charge < -0.3 is 14.8 Å². The van der Waals surface area contributed by atoms with E-state index in [4.69, 9.17) is 9.47 Å². The van der Waals surface area contributed by atoms with Gasteiger partial charge in [0.15, 0.2) is 0 Å². The summed E-state index contributed by atoms with van der Waals surface area (Å²) in [6.07, 6.45) is 1.71. The molecule has 0 aliphatic carbocycles. The number of amides is 1. The van der Waals surface area contributed by atoms with Crippen LogP contribution in [0.1, 0.15) is 34.3 Å². The van der Waals surface area contributed by atoms with Gasteiger partial charge in [0, 0.05) is 39.3 Å². The zero-order valence-electron chi connectivity index (χ0n) is 19.0. The Morgan fingerprint density at radius 2 is 1.76 bits per heavy atom. The number of hydrogen-bond donors (Lipinski definition) is 1. The average Bonchev–Trinajstić information content (AvgIpc) is 3.39. The summed E-state index contributed by atoms with van der Waals surface area (Å²) in [7, 11) is -2.15. The number of benzene rings is 2. The van der Waals surface area contributed by atoms with Crippen LogP contribution < -0.4 is 10.1 Å². The van der Waals surface area contributed by atoms with Gasteiger partial charge >= 0.3 is 0 Å². The molecule has 0 bridgehead atoms.